The van der Waals surface area contributed by atoms with Gasteiger partial charge in [0.25, 0.3) is 5.56 Å². The molecule has 1 aromatic carbocycles. The quantitative estimate of drug-likeness (QED) is 0.854. The number of aromatic amines is 1. The maximum atomic E-state index is 12.3. The molecule has 5 heteroatoms. The summed E-state index contributed by atoms with van der Waals surface area (Å²) < 4.78 is 1.74. The van der Waals surface area contributed by atoms with E-state index in [4.69, 9.17) is 0 Å². The van der Waals surface area contributed by atoms with Gasteiger partial charge >= 0.3 is 5.69 Å². The van der Waals surface area contributed by atoms with E-state index in [1.54, 1.807) is 4.57 Å². The van der Waals surface area contributed by atoms with E-state index >= 15 is 0 Å². The van der Waals surface area contributed by atoms with Crippen LogP contribution in [0.2, 0.25) is 0 Å². The third-order valence-electron chi connectivity index (χ3n) is 5.54. The highest BCUT2D eigenvalue weighted by atomic mass is 16.2. The molecule has 2 aliphatic carbocycles. The van der Waals surface area contributed by atoms with Crippen molar-refractivity contribution in [2.45, 2.75) is 58.0 Å². The maximum Gasteiger partial charge on any atom is 0.328 e. The number of fused-ring (bicyclic) bond motifs is 1. The summed E-state index contributed by atoms with van der Waals surface area (Å²) in [4.78, 5) is 27.0. The van der Waals surface area contributed by atoms with Crippen LogP contribution in [0.5, 0.6) is 0 Å². The molecule has 2 saturated carbocycles. The van der Waals surface area contributed by atoms with Crippen molar-refractivity contribution in [3.8, 4) is 0 Å². The van der Waals surface area contributed by atoms with Crippen LogP contribution in [0.25, 0.3) is 10.9 Å². The SMILES string of the molecule is Cc1cc2c(cc1CCNC1(C)CC1)c(=O)[nH]c(=O)n2CC1CC1. The Balaban J connectivity index is 1.68. The number of hydrogen-bond donors (Lipinski definition) is 2. The molecule has 1 heterocycles. The highest BCUT2D eigenvalue weighted by molar-refractivity contribution is 5.79. The fourth-order valence-electron chi connectivity index (χ4n) is 3.36. The monoisotopic (exact) mass is 327 g/mol. The van der Waals surface area contributed by atoms with E-state index in [2.05, 4.69) is 24.1 Å². The molecule has 0 amide bonds. The first kappa shape index (κ1) is 15.6. The molecule has 1 aromatic heterocycles. The van der Waals surface area contributed by atoms with Crippen LogP contribution in [0.1, 0.15) is 43.7 Å². The molecule has 0 atom stereocenters. The van der Waals surface area contributed by atoms with Gasteiger partial charge in [0.2, 0.25) is 0 Å². The lowest BCUT2D eigenvalue weighted by Crippen LogP contribution is -2.31. The molecule has 0 bridgehead atoms. The number of H-pyrrole nitrogens is 1. The summed E-state index contributed by atoms with van der Waals surface area (Å²) in [5, 5.41) is 4.22. The molecule has 4 rings (SSSR count). The topological polar surface area (TPSA) is 66.9 Å². The lowest BCUT2D eigenvalue weighted by molar-refractivity contribution is 0.541. The molecular weight excluding hydrogens is 302 g/mol. The molecule has 2 N–H and O–H groups in total. The van der Waals surface area contributed by atoms with E-state index in [9.17, 15) is 9.59 Å². The fraction of sp³-hybridized carbons (Fsp3) is 0.579. The third kappa shape index (κ3) is 3.05. The Hall–Kier alpha value is -1.88. The Morgan fingerprint density at radius 3 is 2.71 bits per heavy atom. The van der Waals surface area contributed by atoms with Crippen molar-refractivity contribution in [3.05, 3.63) is 44.1 Å². The molecule has 128 valence electrons. The maximum absolute atomic E-state index is 12.3. The van der Waals surface area contributed by atoms with Gasteiger partial charge in [-0.2, -0.15) is 0 Å². The van der Waals surface area contributed by atoms with Gasteiger partial charge in [-0.15, -0.1) is 0 Å². The lowest BCUT2D eigenvalue weighted by atomic mass is 10.0. The molecule has 24 heavy (non-hydrogen) atoms. The summed E-state index contributed by atoms with van der Waals surface area (Å²) in [6, 6.07) is 3.99. The molecule has 0 unspecified atom stereocenters. The second kappa shape index (κ2) is 5.59. The predicted octanol–water partition coefficient (Wildman–Crippen LogP) is 2.09. The summed E-state index contributed by atoms with van der Waals surface area (Å²) >= 11 is 0. The number of aromatic nitrogens is 2. The van der Waals surface area contributed by atoms with Crippen LogP contribution < -0.4 is 16.6 Å². The van der Waals surface area contributed by atoms with Crippen LogP contribution in [-0.4, -0.2) is 21.6 Å². The second-order valence-corrected chi connectivity index (χ2v) is 7.85. The average molecular weight is 327 g/mol. The Kier molecular flexibility index (Phi) is 3.64. The van der Waals surface area contributed by atoms with E-state index < -0.39 is 0 Å². The van der Waals surface area contributed by atoms with E-state index in [1.165, 1.54) is 31.2 Å². The number of nitrogens with one attached hydrogen (secondary N) is 2. The lowest BCUT2D eigenvalue weighted by Gasteiger charge is -2.14. The first-order valence-electron chi connectivity index (χ1n) is 8.97. The minimum Gasteiger partial charge on any atom is -0.311 e. The van der Waals surface area contributed by atoms with Gasteiger partial charge in [-0.05, 0) is 81.7 Å². The van der Waals surface area contributed by atoms with Crippen molar-refractivity contribution in [3.63, 3.8) is 0 Å². The van der Waals surface area contributed by atoms with Gasteiger partial charge in [0.1, 0.15) is 0 Å². The fourth-order valence-corrected chi connectivity index (χ4v) is 3.36. The zero-order chi connectivity index (χ0) is 16.9. The van der Waals surface area contributed by atoms with Crippen molar-refractivity contribution in [2.24, 2.45) is 5.92 Å². The highest BCUT2D eigenvalue weighted by Crippen LogP contribution is 2.34. The van der Waals surface area contributed by atoms with Gasteiger partial charge in [-0.25, -0.2) is 4.79 Å². The van der Waals surface area contributed by atoms with E-state index in [0.717, 1.165) is 24.0 Å². The first-order chi connectivity index (χ1) is 11.5. The summed E-state index contributed by atoms with van der Waals surface area (Å²) in [5.41, 5.74) is 2.88. The van der Waals surface area contributed by atoms with E-state index in [1.807, 2.05) is 12.1 Å². The van der Waals surface area contributed by atoms with Crippen LogP contribution in [0.15, 0.2) is 21.7 Å². The summed E-state index contributed by atoms with van der Waals surface area (Å²) in [6.45, 7) is 5.95. The normalized spacial score (nSPS) is 18.9. The van der Waals surface area contributed by atoms with Crippen molar-refractivity contribution >= 4 is 10.9 Å². The van der Waals surface area contributed by atoms with Gasteiger partial charge in [0.05, 0.1) is 10.9 Å². The molecule has 0 saturated heterocycles. The van der Waals surface area contributed by atoms with Gasteiger partial charge < -0.3 is 5.32 Å². The first-order valence-corrected chi connectivity index (χ1v) is 8.97. The zero-order valence-electron chi connectivity index (χ0n) is 14.4. The molecule has 0 radical (unpaired) electrons. The van der Waals surface area contributed by atoms with Crippen LogP contribution >= 0.6 is 0 Å². The number of benzene rings is 1. The highest BCUT2D eigenvalue weighted by Gasteiger charge is 2.36. The smallest absolute Gasteiger partial charge is 0.311 e. The summed E-state index contributed by atoms with van der Waals surface area (Å²) in [5.74, 6) is 0.584. The average Bonchev–Trinajstić information content (AvgIpc) is 3.44. The Labute approximate surface area is 141 Å². The molecule has 2 fully saturated rings. The number of aryl methyl sites for hydroxylation is 1. The predicted molar refractivity (Wildman–Crippen MR) is 95.6 cm³/mol. The van der Waals surface area contributed by atoms with Crippen LogP contribution in [0.4, 0.5) is 0 Å². The zero-order valence-corrected chi connectivity index (χ0v) is 14.4. The van der Waals surface area contributed by atoms with Gasteiger partial charge in [-0.1, -0.05) is 0 Å². The molecule has 0 aliphatic heterocycles. The van der Waals surface area contributed by atoms with Crippen LogP contribution in [0.3, 0.4) is 0 Å². The standard InChI is InChI=1S/C19H25N3O2/c1-12-9-16-15(10-14(12)5-8-20-19(2)6-7-19)17(23)21-18(24)22(16)11-13-3-4-13/h9-10,13,20H,3-8,11H2,1-2H3,(H,21,23,24). The van der Waals surface area contributed by atoms with Gasteiger partial charge in [0.15, 0.2) is 0 Å². The van der Waals surface area contributed by atoms with Crippen molar-refractivity contribution in [2.75, 3.05) is 6.54 Å². The van der Waals surface area contributed by atoms with Crippen LogP contribution in [-0.2, 0) is 13.0 Å². The summed E-state index contributed by atoms with van der Waals surface area (Å²) in [7, 11) is 0. The summed E-state index contributed by atoms with van der Waals surface area (Å²) in [6.07, 6.45) is 5.75. The third-order valence-corrected chi connectivity index (χ3v) is 5.54. The van der Waals surface area contributed by atoms with E-state index in [0.29, 0.717) is 23.4 Å². The van der Waals surface area contributed by atoms with Crippen LogP contribution in [0, 0.1) is 12.8 Å². The Bertz CT molecular complexity index is 901. The number of nitrogens with zero attached hydrogens (tertiary/aromatic N) is 1. The molecule has 2 aliphatic rings. The largest absolute Gasteiger partial charge is 0.328 e. The minimum absolute atomic E-state index is 0.273. The van der Waals surface area contributed by atoms with E-state index in [-0.39, 0.29) is 11.2 Å². The number of rotatable bonds is 6. The van der Waals surface area contributed by atoms with Crippen molar-refractivity contribution in [1.82, 2.24) is 14.9 Å². The van der Waals surface area contributed by atoms with Gasteiger partial charge in [-0.3, -0.25) is 14.3 Å². The van der Waals surface area contributed by atoms with Crippen molar-refractivity contribution < 1.29 is 0 Å². The Morgan fingerprint density at radius 1 is 1.29 bits per heavy atom. The molecule has 0 spiro atoms. The minimum atomic E-state index is -0.283. The molecule has 2 aromatic rings. The Morgan fingerprint density at radius 2 is 2.04 bits per heavy atom. The second-order valence-electron chi connectivity index (χ2n) is 7.85. The van der Waals surface area contributed by atoms with Crippen molar-refractivity contribution in [1.29, 1.82) is 0 Å². The molecule has 5 nitrogen and oxygen atoms in total. The molecular formula is C19H25N3O2. The number of hydrogen-bond acceptors (Lipinski definition) is 3. The van der Waals surface area contributed by atoms with Gasteiger partial charge in [0, 0.05) is 12.1 Å².